The quantitative estimate of drug-likeness (QED) is 0.834. The fourth-order valence-corrected chi connectivity index (χ4v) is 5.44. The zero-order valence-corrected chi connectivity index (χ0v) is 16.8. The number of carbonyl (C=O) groups is 2. The molecule has 0 radical (unpaired) electrons. The Labute approximate surface area is 169 Å². The van der Waals surface area contributed by atoms with E-state index in [2.05, 4.69) is 29.2 Å². The second-order valence-electron chi connectivity index (χ2n) is 7.98. The van der Waals surface area contributed by atoms with E-state index in [0.29, 0.717) is 24.0 Å². The zero-order chi connectivity index (χ0) is 19.5. The highest BCUT2D eigenvalue weighted by Crippen LogP contribution is 2.32. The maximum absolute atomic E-state index is 12.8. The van der Waals surface area contributed by atoms with Gasteiger partial charge in [0, 0.05) is 30.8 Å². The zero-order valence-electron chi connectivity index (χ0n) is 16.0. The number of hydrogen-bond acceptors (Lipinski definition) is 4. The van der Waals surface area contributed by atoms with Crippen LogP contribution < -0.4 is 0 Å². The second-order valence-corrected chi connectivity index (χ2v) is 8.87. The maximum atomic E-state index is 12.8. The minimum atomic E-state index is -0.845. The molecule has 1 aliphatic carbocycles. The summed E-state index contributed by atoms with van der Waals surface area (Å²) in [7, 11) is 0. The minimum Gasteiger partial charge on any atom is -0.481 e. The molecule has 1 saturated heterocycles. The van der Waals surface area contributed by atoms with E-state index in [1.54, 1.807) is 11.3 Å². The lowest BCUT2D eigenvalue weighted by atomic mass is 9.82. The van der Waals surface area contributed by atoms with Gasteiger partial charge in [-0.05, 0) is 49.1 Å². The number of carbonyl (C=O) groups excluding carboxylic acids is 1. The molecule has 1 N–H and O–H groups in total. The number of carboxylic acid groups (broad SMARTS) is 1. The summed E-state index contributed by atoms with van der Waals surface area (Å²) in [6, 6.07) is 8.60. The van der Waals surface area contributed by atoms with Gasteiger partial charge >= 0.3 is 5.97 Å². The van der Waals surface area contributed by atoms with Crippen LogP contribution in [0, 0.1) is 5.92 Å². The van der Waals surface area contributed by atoms with Crippen molar-refractivity contribution in [1.82, 2.24) is 9.88 Å². The smallest absolute Gasteiger partial charge is 0.309 e. The molecule has 1 atom stereocenters. The SMILES string of the molecule is O=C(O)Cc1csc(C2CCN(C(=O)CC3CCc4ccccc4C3)CC2)n1. The largest absolute Gasteiger partial charge is 0.481 e. The first kappa shape index (κ1) is 19.1. The third kappa shape index (κ3) is 4.43. The minimum absolute atomic E-state index is 0.0155. The number of benzene rings is 1. The summed E-state index contributed by atoms with van der Waals surface area (Å²) in [5.41, 5.74) is 3.49. The lowest BCUT2D eigenvalue weighted by molar-refractivity contribution is -0.136. The summed E-state index contributed by atoms with van der Waals surface area (Å²) in [6.45, 7) is 1.56. The average Bonchev–Trinajstić information content (AvgIpc) is 3.16. The van der Waals surface area contributed by atoms with Crippen molar-refractivity contribution >= 4 is 23.2 Å². The molecular weight excluding hydrogens is 372 g/mol. The molecule has 2 aliphatic rings. The van der Waals surface area contributed by atoms with Crippen molar-refractivity contribution in [3.63, 3.8) is 0 Å². The highest BCUT2D eigenvalue weighted by Gasteiger charge is 2.28. The Bertz CT molecular complexity index is 855. The van der Waals surface area contributed by atoms with E-state index >= 15 is 0 Å². The van der Waals surface area contributed by atoms with Crippen molar-refractivity contribution in [2.24, 2.45) is 5.92 Å². The monoisotopic (exact) mass is 398 g/mol. The Kier molecular flexibility index (Phi) is 5.76. The number of amides is 1. The summed E-state index contributed by atoms with van der Waals surface area (Å²) in [5, 5.41) is 11.8. The maximum Gasteiger partial charge on any atom is 0.309 e. The molecule has 1 amide bonds. The van der Waals surface area contributed by atoms with Crippen molar-refractivity contribution in [2.45, 2.75) is 50.9 Å². The number of piperidine rings is 1. The Morgan fingerprint density at radius 2 is 1.89 bits per heavy atom. The molecule has 2 aromatic rings. The highest BCUT2D eigenvalue weighted by atomic mass is 32.1. The van der Waals surface area contributed by atoms with Gasteiger partial charge in [-0.3, -0.25) is 9.59 Å². The van der Waals surface area contributed by atoms with E-state index in [9.17, 15) is 9.59 Å². The summed E-state index contributed by atoms with van der Waals surface area (Å²) in [4.78, 5) is 30.1. The molecule has 28 heavy (non-hydrogen) atoms. The second kappa shape index (κ2) is 8.43. The molecule has 0 spiro atoms. The number of fused-ring (bicyclic) bond motifs is 1. The fourth-order valence-electron chi connectivity index (χ4n) is 4.45. The first-order valence-electron chi connectivity index (χ1n) is 10.1. The van der Waals surface area contributed by atoms with Crippen LogP contribution in [0.5, 0.6) is 0 Å². The van der Waals surface area contributed by atoms with Crippen LogP contribution in [0.1, 0.15) is 53.4 Å². The molecule has 1 unspecified atom stereocenters. The molecule has 4 rings (SSSR count). The van der Waals surface area contributed by atoms with Crippen molar-refractivity contribution < 1.29 is 14.7 Å². The highest BCUT2D eigenvalue weighted by molar-refractivity contribution is 7.09. The van der Waals surface area contributed by atoms with Gasteiger partial charge in [0.2, 0.25) is 5.91 Å². The third-order valence-electron chi connectivity index (χ3n) is 6.01. The molecular formula is C22H26N2O3S. The van der Waals surface area contributed by atoms with Gasteiger partial charge in [0.05, 0.1) is 17.1 Å². The van der Waals surface area contributed by atoms with E-state index in [-0.39, 0.29) is 12.3 Å². The Balaban J connectivity index is 1.27. The number of nitrogens with zero attached hydrogens (tertiary/aromatic N) is 2. The van der Waals surface area contributed by atoms with Crippen molar-refractivity contribution in [3.05, 3.63) is 51.5 Å². The van der Waals surface area contributed by atoms with Crippen LogP contribution in [0.15, 0.2) is 29.6 Å². The van der Waals surface area contributed by atoms with E-state index in [1.807, 2.05) is 10.3 Å². The first-order chi connectivity index (χ1) is 13.6. The molecule has 2 heterocycles. The molecule has 1 aromatic carbocycles. The molecule has 1 aliphatic heterocycles. The first-order valence-corrected chi connectivity index (χ1v) is 11.0. The molecule has 0 saturated carbocycles. The van der Waals surface area contributed by atoms with Crippen LogP contribution in [-0.2, 0) is 28.9 Å². The number of thiazole rings is 1. The molecule has 5 nitrogen and oxygen atoms in total. The molecule has 0 bridgehead atoms. The van der Waals surface area contributed by atoms with Crippen LogP contribution in [0.3, 0.4) is 0 Å². The van der Waals surface area contributed by atoms with Crippen LogP contribution in [0.2, 0.25) is 0 Å². The van der Waals surface area contributed by atoms with E-state index < -0.39 is 5.97 Å². The van der Waals surface area contributed by atoms with Crippen molar-refractivity contribution in [3.8, 4) is 0 Å². The van der Waals surface area contributed by atoms with Crippen molar-refractivity contribution in [1.29, 1.82) is 0 Å². The van der Waals surface area contributed by atoms with E-state index in [1.165, 1.54) is 11.1 Å². The van der Waals surface area contributed by atoms with Gasteiger partial charge < -0.3 is 10.0 Å². The number of aliphatic carboxylic acids is 1. The fraction of sp³-hybridized carbons (Fsp3) is 0.500. The van der Waals surface area contributed by atoms with Gasteiger partial charge in [-0.2, -0.15) is 0 Å². The molecule has 148 valence electrons. The predicted molar refractivity (Wildman–Crippen MR) is 109 cm³/mol. The lowest BCUT2D eigenvalue weighted by Gasteiger charge is -2.33. The van der Waals surface area contributed by atoms with Gasteiger partial charge in [-0.25, -0.2) is 4.98 Å². The number of carboxylic acids is 1. The Hall–Kier alpha value is -2.21. The van der Waals surface area contributed by atoms with Crippen LogP contribution in [-0.4, -0.2) is 40.0 Å². The number of aromatic nitrogens is 1. The number of likely N-dealkylation sites (tertiary alicyclic amines) is 1. The predicted octanol–water partition coefficient (Wildman–Crippen LogP) is 3.67. The number of hydrogen-bond donors (Lipinski definition) is 1. The summed E-state index contributed by atoms with van der Waals surface area (Å²) in [6.07, 6.45) is 5.67. The summed E-state index contributed by atoms with van der Waals surface area (Å²) in [5.74, 6) is 0.243. The molecule has 1 aromatic heterocycles. The lowest BCUT2D eigenvalue weighted by Crippen LogP contribution is -2.39. The standard InChI is InChI=1S/C22H26N2O3S/c25-20(12-15-5-6-16-3-1-2-4-18(16)11-15)24-9-7-17(8-10-24)22-23-19(14-28-22)13-21(26)27/h1-4,14-15,17H,5-13H2,(H,26,27). The van der Waals surface area contributed by atoms with Crippen molar-refractivity contribution in [2.75, 3.05) is 13.1 Å². The number of rotatable bonds is 5. The molecule has 6 heteroatoms. The van der Waals surface area contributed by atoms with Gasteiger partial charge in [0.25, 0.3) is 0 Å². The van der Waals surface area contributed by atoms with Gasteiger partial charge in [0.1, 0.15) is 0 Å². The van der Waals surface area contributed by atoms with Gasteiger partial charge in [-0.1, -0.05) is 24.3 Å². The number of aryl methyl sites for hydroxylation is 1. The van der Waals surface area contributed by atoms with E-state index in [0.717, 1.165) is 50.2 Å². The van der Waals surface area contributed by atoms with Crippen LogP contribution in [0.4, 0.5) is 0 Å². The third-order valence-corrected chi connectivity index (χ3v) is 7.07. The summed E-state index contributed by atoms with van der Waals surface area (Å²) < 4.78 is 0. The van der Waals surface area contributed by atoms with Crippen LogP contribution >= 0.6 is 11.3 Å². The van der Waals surface area contributed by atoms with Gasteiger partial charge in [0.15, 0.2) is 0 Å². The normalized spacial score (nSPS) is 20.0. The average molecular weight is 399 g/mol. The summed E-state index contributed by atoms with van der Waals surface area (Å²) >= 11 is 1.55. The van der Waals surface area contributed by atoms with E-state index in [4.69, 9.17) is 5.11 Å². The molecule has 1 fully saturated rings. The Morgan fingerprint density at radius 3 is 2.64 bits per heavy atom. The van der Waals surface area contributed by atoms with Gasteiger partial charge in [-0.15, -0.1) is 11.3 Å². The topological polar surface area (TPSA) is 70.5 Å². The van der Waals surface area contributed by atoms with Crippen LogP contribution in [0.25, 0.3) is 0 Å². The Morgan fingerprint density at radius 1 is 1.14 bits per heavy atom.